The van der Waals surface area contributed by atoms with Crippen molar-refractivity contribution in [1.82, 2.24) is 10.6 Å². The lowest BCUT2D eigenvalue weighted by Crippen LogP contribution is -2.55. The molecule has 2 heterocycles. The van der Waals surface area contributed by atoms with E-state index in [0.29, 0.717) is 6.42 Å². The van der Waals surface area contributed by atoms with Gasteiger partial charge in [0, 0.05) is 12.0 Å². The highest BCUT2D eigenvalue weighted by Gasteiger charge is 2.58. The Balaban J connectivity index is 1.91. The van der Waals surface area contributed by atoms with Gasteiger partial charge in [0.1, 0.15) is 11.4 Å². The summed E-state index contributed by atoms with van der Waals surface area (Å²) in [6.07, 6.45) is 4.60. The van der Waals surface area contributed by atoms with Crippen molar-refractivity contribution in [3.05, 3.63) is 29.3 Å². The van der Waals surface area contributed by atoms with E-state index in [-0.39, 0.29) is 11.5 Å². The third kappa shape index (κ3) is 1.69. The van der Waals surface area contributed by atoms with E-state index < -0.39 is 11.6 Å². The largest absolute Gasteiger partial charge is 0.487 e. The summed E-state index contributed by atoms with van der Waals surface area (Å²) in [4.78, 5) is 24.3. The number of benzene rings is 1. The number of aryl methyl sites for hydroxylation is 1. The maximum absolute atomic E-state index is 12.5. The van der Waals surface area contributed by atoms with Gasteiger partial charge in [-0.05, 0) is 44.7 Å². The fourth-order valence-electron chi connectivity index (χ4n) is 4.02. The average molecular weight is 286 g/mol. The number of imide groups is 1. The number of nitrogens with one attached hydrogen (secondary N) is 2. The molecule has 2 N–H and O–H groups in total. The van der Waals surface area contributed by atoms with Crippen LogP contribution in [-0.2, 0) is 10.3 Å². The van der Waals surface area contributed by atoms with Gasteiger partial charge in [0.05, 0.1) is 0 Å². The van der Waals surface area contributed by atoms with Crippen LogP contribution in [0.3, 0.4) is 0 Å². The van der Waals surface area contributed by atoms with Gasteiger partial charge in [-0.1, -0.05) is 11.6 Å². The molecule has 110 valence electrons. The van der Waals surface area contributed by atoms with Gasteiger partial charge < -0.3 is 10.1 Å². The van der Waals surface area contributed by atoms with Crippen LogP contribution in [0.25, 0.3) is 0 Å². The van der Waals surface area contributed by atoms with Crippen molar-refractivity contribution >= 4 is 11.9 Å². The molecule has 2 fully saturated rings. The molecule has 5 heteroatoms. The molecule has 0 bridgehead atoms. The quantitative estimate of drug-likeness (QED) is 0.718. The molecule has 2 aliphatic heterocycles. The van der Waals surface area contributed by atoms with E-state index in [0.717, 1.165) is 42.6 Å². The van der Waals surface area contributed by atoms with Crippen LogP contribution >= 0.6 is 0 Å². The van der Waals surface area contributed by atoms with Gasteiger partial charge in [0.25, 0.3) is 5.91 Å². The maximum atomic E-state index is 12.5. The zero-order valence-electron chi connectivity index (χ0n) is 12.0. The lowest BCUT2D eigenvalue weighted by atomic mass is 9.75. The molecule has 2 spiro atoms. The van der Waals surface area contributed by atoms with Crippen molar-refractivity contribution in [2.75, 3.05) is 0 Å². The maximum Gasteiger partial charge on any atom is 0.322 e. The summed E-state index contributed by atoms with van der Waals surface area (Å²) >= 11 is 0. The molecule has 3 aliphatic rings. The lowest BCUT2D eigenvalue weighted by molar-refractivity contribution is -0.128. The molecule has 0 aromatic heterocycles. The van der Waals surface area contributed by atoms with Gasteiger partial charge in [0.2, 0.25) is 0 Å². The summed E-state index contributed by atoms with van der Waals surface area (Å²) in [6.45, 7) is 1.97. The Hall–Kier alpha value is -2.04. The summed E-state index contributed by atoms with van der Waals surface area (Å²) in [5.74, 6) is 0.472. The van der Waals surface area contributed by atoms with Gasteiger partial charge in [-0.15, -0.1) is 0 Å². The van der Waals surface area contributed by atoms with Crippen LogP contribution in [0, 0.1) is 6.92 Å². The van der Waals surface area contributed by atoms with Crippen LogP contribution in [-0.4, -0.2) is 17.5 Å². The first kappa shape index (κ1) is 12.7. The Labute approximate surface area is 123 Å². The topological polar surface area (TPSA) is 67.4 Å². The lowest BCUT2D eigenvalue weighted by Gasteiger charge is -2.44. The molecule has 1 aliphatic carbocycles. The molecule has 1 aromatic rings. The number of carbonyl (C=O) groups is 2. The Bertz CT molecular complexity index is 649. The summed E-state index contributed by atoms with van der Waals surface area (Å²) in [6, 6.07) is 5.43. The first-order valence-corrected chi connectivity index (χ1v) is 7.47. The fraction of sp³-hybridized carbons (Fsp3) is 0.500. The van der Waals surface area contributed by atoms with E-state index in [9.17, 15) is 9.59 Å². The number of amides is 3. The third-order valence-electron chi connectivity index (χ3n) is 4.97. The molecule has 4 rings (SSSR count). The smallest absolute Gasteiger partial charge is 0.322 e. The highest BCUT2D eigenvalue weighted by Crippen LogP contribution is 2.50. The van der Waals surface area contributed by atoms with Crippen LogP contribution < -0.4 is 15.4 Å². The summed E-state index contributed by atoms with van der Waals surface area (Å²) in [5.41, 5.74) is 0.537. The Morgan fingerprint density at radius 2 is 1.95 bits per heavy atom. The normalized spacial score (nSPS) is 29.2. The van der Waals surface area contributed by atoms with Crippen LogP contribution in [0.4, 0.5) is 4.79 Å². The molecule has 5 nitrogen and oxygen atoms in total. The van der Waals surface area contributed by atoms with Gasteiger partial charge >= 0.3 is 6.03 Å². The van der Waals surface area contributed by atoms with Crippen molar-refractivity contribution in [2.24, 2.45) is 0 Å². The number of urea groups is 1. The minimum atomic E-state index is -0.971. The fourth-order valence-corrected chi connectivity index (χ4v) is 4.02. The molecule has 3 amide bonds. The van der Waals surface area contributed by atoms with Crippen LogP contribution in [0.5, 0.6) is 5.75 Å². The number of ether oxygens (including phenoxy) is 1. The minimum absolute atomic E-state index is 0.256. The van der Waals surface area contributed by atoms with Crippen molar-refractivity contribution in [2.45, 2.75) is 50.2 Å². The molecule has 21 heavy (non-hydrogen) atoms. The summed E-state index contributed by atoms with van der Waals surface area (Å²) < 4.78 is 6.27. The van der Waals surface area contributed by atoms with Crippen LogP contribution in [0.15, 0.2) is 18.2 Å². The number of hydrogen-bond acceptors (Lipinski definition) is 3. The first-order valence-electron chi connectivity index (χ1n) is 7.47. The molecular weight excluding hydrogens is 268 g/mol. The zero-order chi connectivity index (χ0) is 14.7. The summed E-state index contributed by atoms with van der Waals surface area (Å²) in [5, 5.41) is 5.27. The van der Waals surface area contributed by atoms with Crippen LogP contribution in [0.2, 0.25) is 0 Å². The van der Waals surface area contributed by atoms with Gasteiger partial charge in [-0.25, -0.2) is 4.79 Å². The Morgan fingerprint density at radius 3 is 2.62 bits per heavy atom. The van der Waals surface area contributed by atoms with Gasteiger partial charge in [-0.3, -0.25) is 10.1 Å². The number of fused-ring (bicyclic) bond motifs is 2. The van der Waals surface area contributed by atoms with Crippen molar-refractivity contribution in [3.8, 4) is 5.75 Å². The molecule has 1 unspecified atom stereocenters. The van der Waals surface area contributed by atoms with E-state index in [1.54, 1.807) is 0 Å². The monoisotopic (exact) mass is 286 g/mol. The van der Waals surface area contributed by atoms with Gasteiger partial charge in [-0.2, -0.15) is 0 Å². The van der Waals surface area contributed by atoms with E-state index >= 15 is 0 Å². The van der Waals surface area contributed by atoms with E-state index in [2.05, 4.69) is 10.6 Å². The van der Waals surface area contributed by atoms with E-state index in [1.807, 2.05) is 25.1 Å². The Morgan fingerprint density at radius 1 is 1.19 bits per heavy atom. The number of hydrogen-bond donors (Lipinski definition) is 2. The highest BCUT2D eigenvalue weighted by atomic mass is 16.5. The predicted octanol–water partition coefficient (Wildman–Crippen LogP) is 2.13. The predicted molar refractivity (Wildman–Crippen MR) is 76.0 cm³/mol. The zero-order valence-corrected chi connectivity index (χ0v) is 12.0. The number of carbonyl (C=O) groups excluding carboxylic acids is 2. The van der Waals surface area contributed by atoms with Crippen molar-refractivity contribution < 1.29 is 14.3 Å². The molecule has 0 radical (unpaired) electrons. The molecule has 1 saturated heterocycles. The first-order chi connectivity index (χ1) is 10.0. The van der Waals surface area contributed by atoms with Crippen molar-refractivity contribution in [3.63, 3.8) is 0 Å². The average Bonchev–Trinajstić information content (AvgIpc) is 2.97. The second kappa shape index (κ2) is 4.00. The molecular formula is C16H18N2O3. The standard InChI is InChI=1S/C16H18N2O3/c1-10-4-5-12-11(8-10)16(13(19)17-14(20)18-16)9-15(21-12)6-2-3-7-15/h4-5,8H,2-3,6-7,9H2,1H3,(H2,17,18,19,20). The molecule has 1 aromatic carbocycles. The summed E-state index contributed by atoms with van der Waals surface area (Å²) in [7, 11) is 0. The minimum Gasteiger partial charge on any atom is -0.487 e. The van der Waals surface area contributed by atoms with Gasteiger partial charge in [0.15, 0.2) is 5.54 Å². The third-order valence-corrected chi connectivity index (χ3v) is 4.97. The molecule has 1 atom stereocenters. The molecule has 1 saturated carbocycles. The number of rotatable bonds is 0. The van der Waals surface area contributed by atoms with Crippen LogP contribution in [0.1, 0.15) is 43.2 Å². The highest BCUT2D eigenvalue weighted by molar-refractivity contribution is 6.08. The SMILES string of the molecule is Cc1ccc2c(c1)C1(CC3(CCCC3)O2)NC(=O)NC1=O. The van der Waals surface area contributed by atoms with E-state index in [1.165, 1.54) is 0 Å². The van der Waals surface area contributed by atoms with Crippen molar-refractivity contribution in [1.29, 1.82) is 0 Å². The van der Waals surface area contributed by atoms with E-state index in [4.69, 9.17) is 4.74 Å². The second-order valence-corrected chi connectivity index (χ2v) is 6.48. The second-order valence-electron chi connectivity index (χ2n) is 6.48. The Kier molecular flexibility index (Phi) is 2.41.